The molecule has 0 spiro atoms. The van der Waals surface area contributed by atoms with Gasteiger partial charge in [-0.25, -0.2) is 0 Å². The quantitative estimate of drug-likeness (QED) is 0.240. The molecule has 1 nitrogen and oxygen atoms in total. The Hall–Kier alpha value is -2.37. The predicted molar refractivity (Wildman–Crippen MR) is 132 cm³/mol. The Kier molecular flexibility index (Phi) is 4.64. The van der Waals surface area contributed by atoms with Gasteiger partial charge >= 0.3 is 0 Å². The van der Waals surface area contributed by atoms with Gasteiger partial charge in [-0.1, -0.05) is 95.3 Å². The summed E-state index contributed by atoms with van der Waals surface area (Å²) in [4.78, 5) is 0. The molecule has 0 aliphatic carbocycles. The van der Waals surface area contributed by atoms with Gasteiger partial charge in [0.2, 0.25) is 0 Å². The number of benzene rings is 4. The molecule has 0 unspecified atom stereocenters. The van der Waals surface area contributed by atoms with E-state index in [2.05, 4.69) is 107 Å². The van der Waals surface area contributed by atoms with Crippen molar-refractivity contribution >= 4 is 34.8 Å². The fourth-order valence-electron chi connectivity index (χ4n) is 4.83. The van der Waals surface area contributed by atoms with E-state index in [-0.39, 0.29) is 11.0 Å². The van der Waals surface area contributed by atoms with Gasteiger partial charge in [-0.2, -0.15) is 0 Å². The Balaban J connectivity index is 1.89. The zero-order valence-corrected chi connectivity index (χ0v) is 19.3. The molecule has 0 bridgehead atoms. The van der Waals surface area contributed by atoms with Gasteiger partial charge in [0.05, 0.1) is 0 Å². The summed E-state index contributed by atoms with van der Waals surface area (Å²) < 4.78 is 6.62. The summed E-state index contributed by atoms with van der Waals surface area (Å²) in [5.74, 6) is 1.83. The summed E-state index contributed by atoms with van der Waals surface area (Å²) in [5.41, 5.74) is 2.70. The van der Waals surface area contributed by atoms with E-state index in [0.29, 0.717) is 5.92 Å². The Bertz CT molecular complexity index is 1190. The molecule has 30 heavy (non-hydrogen) atoms. The second kappa shape index (κ2) is 7.10. The molecular weight excluding hydrogens is 383 g/mol. The van der Waals surface area contributed by atoms with Gasteiger partial charge in [0.25, 0.3) is 0 Å². The summed E-state index contributed by atoms with van der Waals surface area (Å²) in [6.45, 7) is 11.7. The predicted octanol–water partition coefficient (Wildman–Crippen LogP) is 7.94. The van der Waals surface area contributed by atoms with Crippen LogP contribution >= 0.6 is 7.92 Å². The molecule has 0 N–H and O–H groups in total. The maximum Gasteiger partial charge on any atom is 0.128 e. The molecule has 0 saturated heterocycles. The molecule has 0 saturated carbocycles. The topological polar surface area (TPSA) is 9.23 Å². The molecule has 0 amide bonds. The van der Waals surface area contributed by atoms with Crippen LogP contribution in [-0.4, -0.2) is 11.0 Å². The first-order chi connectivity index (χ1) is 14.4. The largest absolute Gasteiger partial charge is 0.485 e. The fourth-order valence-corrected chi connectivity index (χ4v) is 8.15. The van der Waals surface area contributed by atoms with Crippen LogP contribution in [0.2, 0.25) is 0 Å². The second-order valence-corrected chi connectivity index (χ2v) is 12.7. The van der Waals surface area contributed by atoms with Crippen LogP contribution in [-0.2, 0) is 0 Å². The van der Waals surface area contributed by atoms with Crippen molar-refractivity contribution in [2.24, 2.45) is 5.92 Å². The van der Waals surface area contributed by atoms with Gasteiger partial charge in [-0.3, -0.25) is 0 Å². The average molecular weight is 413 g/mol. The van der Waals surface area contributed by atoms with Crippen molar-refractivity contribution in [3.63, 3.8) is 0 Å². The third-order valence-electron chi connectivity index (χ3n) is 6.08. The van der Waals surface area contributed by atoms with E-state index in [1.807, 2.05) is 0 Å². The fraction of sp³-hybridized carbons (Fsp3) is 0.286. The van der Waals surface area contributed by atoms with Crippen LogP contribution in [0.4, 0.5) is 0 Å². The SMILES string of the molecule is CC(C)[C@H]1Oc2cccc(-c3c4ccccc4cc4ccccc34)c2[P@@]1C(C)(C)C. The molecule has 4 aromatic carbocycles. The van der Waals surface area contributed by atoms with Crippen LogP contribution in [0.15, 0.2) is 72.8 Å². The zero-order chi connectivity index (χ0) is 21.0. The van der Waals surface area contributed by atoms with E-state index in [1.165, 1.54) is 38.0 Å². The van der Waals surface area contributed by atoms with Crippen molar-refractivity contribution < 1.29 is 4.74 Å². The number of fused-ring (bicyclic) bond motifs is 3. The molecule has 2 heteroatoms. The van der Waals surface area contributed by atoms with Crippen LogP contribution in [0.3, 0.4) is 0 Å². The van der Waals surface area contributed by atoms with Crippen molar-refractivity contribution in [3.8, 4) is 16.9 Å². The summed E-state index contributed by atoms with van der Waals surface area (Å²) in [5, 5.41) is 6.85. The Labute approximate surface area is 180 Å². The minimum Gasteiger partial charge on any atom is -0.485 e. The minimum atomic E-state index is -0.482. The van der Waals surface area contributed by atoms with E-state index < -0.39 is 7.92 Å². The Morgan fingerprint density at radius 1 is 0.800 bits per heavy atom. The first-order valence-electron chi connectivity index (χ1n) is 10.9. The standard InChI is InChI=1S/C28H29OP/c1-18(2)27-29-24-16-10-15-23(26(24)30(27)28(3,4)5)25-21-13-8-6-11-19(21)17-20-12-7-9-14-22(20)25/h6-18,27H,1-5H3/t27-,30+/m0/s1. The second-order valence-electron chi connectivity index (χ2n) is 9.64. The van der Waals surface area contributed by atoms with Crippen molar-refractivity contribution in [3.05, 3.63) is 72.8 Å². The van der Waals surface area contributed by atoms with E-state index in [4.69, 9.17) is 4.74 Å². The molecule has 5 rings (SSSR count). The normalized spacial score (nSPS) is 18.7. The van der Waals surface area contributed by atoms with Gasteiger partial charge < -0.3 is 4.74 Å². The zero-order valence-electron chi connectivity index (χ0n) is 18.4. The lowest BCUT2D eigenvalue weighted by molar-refractivity contribution is 0.240. The van der Waals surface area contributed by atoms with Gasteiger partial charge in [-0.15, -0.1) is 0 Å². The summed E-state index contributed by atoms with van der Waals surface area (Å²) >= 11 is 0. The van der Waals surface area contributed by atoms with E-state index in [0.717, 1.165) is 5.75 Å². The highest BCUT2D eigenvalue weighted by atomic mass is 31.1. The van der Waals surface area contributed by atoms with Crippen LogP contribution in [0.25, 0.3) is 32.7 Å². The number of hydrogen-bond donors (Lipinski definition) is 0. The maximum absolute atomic E-state index is 6.62. The van der Waals surface area contributed by atoms with Crippen LogP contribution in [0, 0.1) is 5.92 Å². The number of ether oxygens (including phenoxy) is 1. The van der Waals surface area contributed by atoms with E-state index >= 15 is 0 Å². The Morgan fingerprint density at radius 3 is 1.97 bits per heavy atom. The number of hydrogen-bond acceptors (Lipinski definition) is 1. The molecular formula is C28H29OP. The molecule has 152 valence electrons. The van der Waals surface area contributed by atoms with Crippen LogP contribution in [0.1, 0.15) is 34.6 Å². The molecule has 1 aliphatic heterocycles. The summed E-state index contributed by atoms with van der Waals surface area (Å²) in [7, 11) is -0.482. The first-order valence-corrected chi connectivity index (χ1v) is 12.3. The number of rotatable bonds is 2. The highest BCUT2D eigenvalue weighted by molar-refractivity contribution is 7.68. The van der Waals surface area contributed by atoms with E-state index in [1.54, 1.807) is 0 Å². The van der Waals surface area contributed by atoms with Gasteiger partial charge in [0.15, 0.2) is 0 Å². The first kappa shape index (κ1) is 19.6. The van der Waals surface area contributed by atoms with Crippen molar-refractivity contribution in [2.45, 2.75) is 45.6 Å². The smallest absolute Gasteiger partial charge is 0.128 e. The summed E-state index contributed by atoms with van der Waals surface area (Å²) in [6.07, 6.45) is 0. The van der Waals surface area contributed by atoms with E-state index in [9.17, 15) is 0 Å². The highest BCUT2D eigenvalue weighted by Gasteiger charge is 2.44. The molecule has 0 aromatic heterocycles. The lowest BCUT2D eigenvalue weighted by Crippen LogP contribution is -2.27. The van der Waals surface area contributed by atoms with Gasteiger partial charge in [0, 0.05) is 5.30 Å². The van der Waals surface area contributed by atoms with Crippen molar-refractivity contribution in [1.29, 1.82) is 0 Å². The average Bonchev–Trinajstić information content (AvgIpc) is 3.13. The summed E-state index contributed by atoms with van der Waals surface area (Å²) in [6, 6.07) is 26.6. The van der Waals surface area contributed by atoms with Crippen molar-refractivity contribution in [2.75, 3.05) is 0 Å². The van der Waals surface area contributed by atoms with Crippen LogP contribution < -0.4 is 10.0 Å². The van der Waals surface area contributed by atoms with Crippen molar-refractivity contribution in [1.82, 2.24) is 0 Å². The third-order valence-corrected chi connectivity index (χ3v) is 9.67. The molecule has 4 aromatic rings. The molecule has 2 atom stereocenters. The third kappa shape index (κ3) is 3.03. The highest BCUT2D eigenvalue weighted by Crippen LogP contribution is 2.62. The molecule has 1 aliphatic rings. The molecule has 0 radical (unpaired) electrons. The van der Waals surface area contributed by atoms with Gasteiger partial charge in [-0.05, 0) is 63.8 Å². The maximum atomic E-state index is 6.62. The lowest BCUT2D eigenvalue weighted by Gasteiger charge is -2.34. The van der Waals surface area contributed by atoms with Gasteiger partial charge in [0.1, 0.15) is 11.6 Å². The molecule has 0 fully saturated rings. The van der Waals surface area contributed by atoms with Crippen LogP contribution in [0.5, 0.6) is 5.75 Å². The monoisotopic (exact) mass is 412 g/mol. The Morgan fingerprint density at radius 2 is 1.40 bits per heavy atom. The lowest BCUT2D eigenvalue weighted by atomic mass is 9.92. The molecule has 1 heterocycles. The minimum absolute atomic E-state index is 0.173.